The van der Waals surface area contributed by atoms with Crippen LogP contribution in [0.15, 0.2) is 18.2 Å². The van der Waals surface area contributed by atoms with Gasteiger partial charge >= 0.3 is 5.97 Å². The first-order valence-corrected chi connectivity index (χ1v) is 8.17. The zero-order valence-corrected chi connectivity index (χ0v) is 13.7. The molecule has 4 nitrogen and oxygen atoms in total. The molecule has 2 rings (SSSR count). The van der Waals surface area contributed by atoms with Gasteiger partial charge in [0.2, 0.25) is 5.91 Å². The fourth-order valence-corrected chi connectivity index (χ4v) is 3.32. The highest BCUT2D eigenvalue weighted by Crippen LogP contribution is 2.27. The molecule has 1 saturated carbocycles. The van der Waals surface area contributed by atoms with Crippen LogP contribution in [0.4, 0.5) is 0 Å². The van der Waals surface area contributed by atoms with Crippen molar-refractivity contribution in [2.75, 3.05) is 0 Å². The van der Waals surface area contributed by atoms with Crippen LogP contribution in [-0.4, -0.2) is 23.0 Å². The lowest BCUT2D eigenvalue weighted by atomic mass is 10.0. The number of halogens is 2. The third-order valence-electron chi connectivity index (χ3n) is 4.02. The van der Waals surface area contributed by atoms with E-state index < -0.39 is 12.0 Å². The molecule has 1 fully saturated rings. The molecule has 0 bridgehead atoms. The minimum atomic E-state index is -1.06. The molecule has 1 aliphatic carbocycles. The van der Waals surface area contributed by atoms with Crippen molar-refractivity contribution >= 4 is 35.1 Å². The monoisotopic (exact) mass is 343 g/mol. The van der Waals surface area contributed by atoms with E-state index in [1.807, 2.05) is 0 Å². The van der Waals surface area contributed by atoms with Crippen LogP contribution in [-0.2, 0) is 16.0 Å². The van der Waals surface area contributed by atoms with E-state index in [1.165, 1.54) is 0 Å². The smallest absolute Gasteiger partial charge is 0.326 e. The minimum Gasteiger partial charge on any atom is -0.480 e. The molecule has 0 aromatic heterocycles. The zero-order chi connectivity index (χ0) is 16.1. The van der Waals surface area contributed by atoms with Gasteiger partial charge in [0.05, 0.1) is 0 Å². The van der Waals surface area contributed by atoms with Crippen molar-refractivity contribution in [1.29, 1.82) is 0 Å². The maximum Gasteiger partial charge on any atom is 0.326 e. The minimum absolute atomic E-state index is 0.141. The Hall–Kier alpha value is -1.26. The summed E-state index contributed by atoms with van der Waals surface area (Å²) in [7, 11) is 0. The summed E-state index contributed by atoms with van der Waals surface area (Å²) in [6.45, 7) is 0. The number of amides is 1. The molecule has 0 unspecified atom stereocenters. The molecular weight excluding hydrogens is 325 g/mol. The van der Waals surface area contributed by atoms with E-state index >= 15 is 0 Å². The Bertz CT molecular complexity index is 556. The summed E-state index contributed by atoms with van der Waals surface area (Å²) in [6.07, 6.45) is 4.95. The van der Waals surface area contributed by atoms with Crippen molar-refractivity contribution in [2.24, 2.45) is 5.92 Å². The van der Waals surface area contributed by atoms with Crippen LogP contribution in [0.25, 0.3) is 0 Å². The fraction of sp³-hybridized carbons (Fsp3) is 0.500. The van der Waals surface area contributed by atoms with Crippen LogP contribution >= 0.6 is 23.2 Å². The second-order valence-corrected chi connectivity index (χ2v) is 6.60. The first kappa shape index (κ1) is 17.1. The average Bonchev–Trinajstić information content (AvgIpc) is 2.93. The van der Waals surface area contributed by atoms with Crippen LogP contribution in [0.1, 0.15) is 37.7 Å². The number of carboxylic acids is 1. The molecule has 0 saturated heterocycles. The highest BCUT2D eigenvalue weighted by Gasteiger charge is 2.24. The Morgan fingerprint density at radius 1 is 1.27 bits per heavy atom. The molecule has 0 spiro atoms. The van der Waals surface area contributed by atoms with Crippen molar-refractivity contribution in [2.45, 2.75) is 44.6 Å². The number of aliphatic carboxylic acids is 1. The second-order valence-electron chi connectivity index (χ2n) is 5.75. The Balaban J connectivity index is 1.97. The second kappa shape index (κ2) is 7.84. The molecular formula is C16H19Cl2NO3. The SMILES string of the molecule is O=C(CC1CCCC1)N[C@@H](Cc1ccc(Cl)cc1Cl)C(=O)O. The van der Waals surface area contributed by atoms with Crippen LogP contribution in [0.2, 0.25) is 10.0 Å². The van der Waals surface area contributed by atoms with Crippen LogP contribution in [0.5, 0.6) is 0 Å². The van der Waals surface area contributed by atoms with Crippen LogP contribution in [0.3, 0.4) is 0 Å². The largest absolute Gasteiger partial charge is 0.480 e. The zero-order valence-electron chi connectivity index (χ0n) is 12.1. The lowest BCUT2D eigenvalue weighted by Gasteiger charge is -2.17. The third kappa shape index (κ3) is 4.89. The van der Waals surface area contributed by atoms with Gasteiger partial charge in [0.15, 0.2) is 0 Å². The number of carboxylic acid groups (broad SMARTS) is 1. The predicted octanol–water partition coefficient (Wildman–Crippen LogP) is 3.69. The van der Waals surface area contributed by atoms with Crippen LogP contribution in [0, 0.1) is 5.92 Å². The van der Waals surface area contributed by atoms with E-state index in [1.54, 1.807) is 18.2 Å². The molecule has 6 heteroatoms. The topological polar surface area (TPSA) is 66.4 Å². The molecule has 2 N–H and O–H groups in total. The summed E-state index contributed by atoms with van der Waals surface area (Å²) in [5, 5.41) is 12.8. The van der Waals surface area contributed by atoms with E-state index in [0.29, 0.717) is 27.9 Å². The van der Waals surface area contributed by atoms with Crippen molar-refractivity contribution in [3.8, 4) is 0 Å². The van der Waals surface area contributed by atoms with E-state index in [-0.39, 0.29) is 12.3 Å². The molecule has 1 aromatic rings. The first-order valence-electron chi connectivity index (χ1n) is 7.42. The lowest BCUT2D eigenvalue weighted by molar-refractivity contribution is -0.141. The summed E-state index contributed by atoms with van der Waals surface area (Å²) < 4.78 is 0. The molecule has 0 heterocycles. The Morgan fingerprint density at radius 3 is 2.55 bits per heavy atom. The maximum absolute atomic E-state index is 12.0. The van der Waals surface area contributed by atoms with Gasteiger partial charge in [-0.3, -0.25) is 4.79 Å². The van der Waals surface area contributed by atoms with Crippen molar-refractivity contribution in [3.63, 3.8) is 0 Å². The Labute approximate surface area is 139 Å². The van der Waals surface area contributed by atoms with Crippen molar-refractivity contribution < 1.29 is 14.7 Å². The van der Waals surface area contributed by atoms with Crippen molar-refractivity contribution in [1.82, 2.24) is 5.32 Å². The third-order valence-corrected chi connectivity index (χ3v) is 4.61. The predicted molar refractivity (Wildman–Crippen MR) is 86.3 cm³/mol. The van der Waals surface area contributed by atoms with Gasteiger partial charge in [-0.2, -0.15) is 0 Å². The molecule has 120 valence electrons. The number of carbonyl (C=O) groups excluding carboxylic acids is 1. The molecule has 1 atom stereocenters. The van der Waals surface area contributed by atoms with E-state index in [9.17, 15) is 14.7 Å². The van der Waals surface area contributed by atoms with Gasteiger partial charge in [0.1, 0.15) is 6.04 Å². The van der Waals surface area contributed by atoms with Gasteiger partial charge in [0, 0.05) is 22.9 Å². The van der Waals surface area contributed by atoms with Crippen LogP contribution < -0.4 is 5.32 Å². The molecule has 0 aliphatic heterocycles. The number of hydrogen-bond acceptors (Lipinski definition) is 2. The quantitative estimate of drug-likeness (QED) is 0.827. The van der Waals surface area contributed by atoms with Gasteiger partial charge in [-0.15, -0.1) is 0 Å². The van der Waals surface area contributed by atoms with E-state index in [2.05, 4.69) is 5.32 Å². The summed E-state index contributed by atoms with van der Waals surface area (Å²) in [4.78, 5) is 23.4. The number of hydrogen-bond donors (Lipinski definition) is 2. The number of rotatable bonds is 6. The molecule has 1 amide bonds. The molecule has 0 radical (unpaired) electrons. The normalized spacial score (nSPS) is 16.5. The number of benzene rings is 1. The summed E-state index contributed by atoms with van der Waals surface area (Å²) in [6, 6.07) is 3.93. The summed E-state index contributed by atoms with van der Waals surface area (Å²) in [5.41, 5.74) is 0.652. The van der Waals surface area contributed by atoms with Gasteiger partial charge in [-0.05, 0) is 36.5 Å². The lowest BCUT2D eigenvalue weighted by Crippen LogP contribution is -2.42. The molecule has 1 aliphatic rings. The average molecular weight is 344 g/mol. The number of carbonyl (C=O) groups is 2. The molecule has 1 aromatic carbocycles. The summed E-state index contributed by atoms with van der Waals surface area (Å²) in [5.74, 6) is -0.885. The van der Waals surface area contributed by atoms with Gasteiger partial charge in [-0.1, -0.05) is 42.1 Å². The highest BCUT2D eigenvalue weighted by atomic mass is 35.5. The summed E-state index contributed by atoms with van der Waals surface area (Å²) >= 11 is 11.9. The van der Waals surface area contributed by atoms with E-state index in [4.69, 9.17) is 23.2 Å². The highest BCUT2D eigenvalue weighted by molar-refractivity contribution is 6.35. The Morgan fingerprint density at radius 2 is 1.95 bits per heavy atom. The van der Waals surface area contributed by atoms with Gasteiger partial charge in [0.25, 0.3) is 0 Å². The van der Waals surface area contributed by atoms with Crippen molar-refractivity contribution in [3.05, 3.63) is 33.8 Å². The fourth-order valence-electron chi connectivity index (χ4n) is 2.84. The van der Waals surface area contributed by atoms with E-state index in [0.717, 1.165) is 25.7 Å². The first-order chi connectivity index (χ1) is 10.5. The number of nitrogens with one attached hydrogen (secondary N) is 1. The Kier molecular flexibility index (Phi) is 6.09. The maximum atomic E-state index is 12.0. The standard InChI is InChI=1S/C16H19Cl2NO3/c17-12-6-5-11(13(18)9-12)8-14(16(21)22)19-15(20)7-10-3-1-2-4-10/h5-6,9-10,14H,1-4,7-8H2,(H,19,20)(H,21,22)/t14-/m0/s1. The molecule has 22 heavy (non-hydrogen) atoms. The van der Waals surface area contributed by atoms with Gasteiger partial charge in [-0.25, -0.2) is 4.79 Å². The van der Waals surface area contributed by atoms with Gasteiger partial charge < -0.3 is 10.4 Å².